The van der Waals surface area contributed by atoms with Crippen LogP contribution in [0.2, 0.25) is 5.02 Å². The number of aryl methyl sites for hydroxylation is 2. The second kappa shape index (κ2) is 8.36. The van der Waals surface area contributed by atoms with Crippen molar-refractivity contribution >= 4 is 17.5 Å². The van der Waals surface area contributed by atoms with Gasteiger partial charge in [0, 0.05) is 24.7 Å². The highest BCUT2D eigenvalue weighted by Gasteiger charge is 2.43. The molecule has 0 radical (unpaired) electrons. The highest BCUT2D eigenvalue weighted by molar-refractivity contribution is 6.32. The van der Waals surface area contributed by atoms with E-state index in [1.165, 1.54) is 18.5 Å². The number of carbonyl (C=O) groups excluding carboxylic acids is 1. The Morgan fingerprint density at radius 3 is 2.39 bits per heavy atom. The van der Waals surface area contributed by atoms with Crippen molar-refractivity contribution in [3.8, 4) is 0 Å². The first-order valence-electron chi connectivity index (χ1n) is 9.55. The lowest BCUT2D eigenvalue weighted by molar-refractivity contribution is -0.142. The van der Waals surface area contributed by atoms with Crippen LogP contribution in [0.4, 0.5) is 26.3 Å². The molecule has 0 aliphatic heterocycles. The molecule has 2 aromatic rings. The van der Waals surface area contributed by atoms with Crippen LogP contribution >= 0.6 is 11.6 Å². The molecule has 1 unspecified atom stereocenters. The molecule has 13 heteroatoms. The minimum atomic E-state index is -4.74. The van der Waals surface area contributed by atoms with Crippen LogP contribution < -0.4 is 5.32 Å². The third kappa shape index (κ3) is 5.16. The van der Waals surface area contributed by atoms with Crippen LogP contribution in [0, 0.1) is 6.92 Å². The normalized spacial score (nSPS) is 15.9. The number of aromatic nitrogens is 4. The van der Waals surface area contributed by atoms with Crippen LogP contribution in [0.15, 0.2) is 6.07 Å². The molecule has 3 rings (SSSR count). The van der Waals surface area contributed by atoms with E-state index in [-0.39, 0.29) is 31.1 Å². The first-order chi connectivity index (χ1) is 14.3. The van der Waals surface area contributed by atoms with Crippen molar-refractivity contribution in [1.82, 2.24) is 24.9 Å². The molecule has 1 N–H and O–H groups in total. The molecule has 1 aliphatic rings. The number of hydrogen-bond acceptors (Lipinski definition) is 3. The van der Waals surface area contributed by atoms with Crippen molar-refractivity contribution in [2.45, 2.75) is 64.0 Å². The maximum atomic E-state index is 13.2. The summed E-state index contributed by atoms with van der Waals surface area (Å²) < 4.78 is 79.8. The Hall–Kier alpha value is -2.24. The number of hydrogen-bond donors (Lipinski definition) is 1. The minimum absolute atomic E-state index is 0.101. The molecule has 1 amide bonds. The van der Waals surface area contributed by atoms with Crippen molar-refractivity contribution < 1.29 is 31.1 Å². The van der Waals surface area contributed by atoms with Crippen molar-refractivity contribution in [2.24, 2.45) is 0 Å². The molecular formula is C18H20ClF6N5O. The molecule has 6 nitrogen and oxygen atoms in total. The van der Waals surface area contributed by atoms with Gasteiger partial charge in [0.2, 0.25) is 5.91 Å². The van der Waals surface area contributed by atoms with Gasteiger partial charge in [0.15, 0.2) is 11.4 Å². The zero-order valence-electron chi connectivity index (χ0n) is 16.6. The number of carbonyl (C=O) groups is 1. The Morgan fingerprint density at radius 2 is 1.87 bits per heavy atom. The molecule has 0 bridgehead atoms. The zero-order chi connectivity index (χ0) is 23.1. The number of nitrogens with zero attached hydrogens (tertiary/aromatic N) is 4. The molecule has 1 saturated carbocycles. The quantitative estimate of drug-likeness (QED) is 0.469. The van der Waals surface area contributed by atoms with Gasteiger partial charge in [0.05, 0.1) is 10.7 Å². The van der Waals surface area contributed by atoms with Gasteiger partial charge in [-0.15, -0.1) is 0 Å². The summed E-state index contributed by atoms with van der Waals surface area (Å²) in [7, 11) is 0. The summed E-state index contributed by atoms with van der Waals surface area (Å²) in [4.78, 5) is 12.5. The van der Waals surface area contributed by atoms with Crippen molar-refractivity contribution in [2.75, 3.05) is 6.54 Å². The fraction of sp³-hybridized carbons (Fsp3) is 0.611. The van der Waals surface area contributed by atoms with E-state index in [9.17, 15) is 31.1 Å². The Bertz CT molecular complexity index is 960. The van der Waals surface area contributed by atoms with Crippen molar-refractivity contribution in [3.05, 3.63) is 33.9 Å². The Kier molecular flexibility index (Phi) is 6.32. The van der Waals surface area contributed by atoms with E-state index in [4.69, 9.17) is 11.6 Å². The van der Waals surface area contributed by atoms with E-state index in [0.717, 1.165) is 10.7 Å². The van der Waals surface area contributed by atoms with Gasteiger partial charge in [0.25, 0.3) is 0 Å². The predicted molar refractivity (Wildman–Crippen MR) is 98.5 cm³/mol. The second-order valence-electron chi connectivity index (χ2n) is 7.48. The number of nitrogens with one attached hydrogen (secondary N) is 1. The van der Waals surface area contributed by atoms with Gasteiger partial charge in [-0.3, -0.25) is 14.2 Å². The summed E-state index contributed by atoms with van der Waals surface area (Å²) in [5.41, 5.74) is -1.69. The lowest BCUT2D eigenvalue weighted by Crippen LogP contribution is -2.33. The molecular weight excluding hydrogens is 452 g/mol. The molecule has 0 aromatic carbocycles. The van der Waals surface area contributed by atoms with Crippen LogP contribution in [0.25, 0.3) is 0 Å². The average molecular weight is 472 g/mol. The minimum Gasteiger partial charge on any atom is -0.354 e. The molecule has 0 spiro atoms. The lowest BCUT2D eigenvalue weighted by Gasteiger charge is -2.16. The van der Waals surface area contributed by atoms with E-state index in [1.54, 1.807) is 0 Å². The second-order valence-corrected chi connectivity index (χ2v) is 7.85. The number of halogens is 7. The average Bonchev–Trinajstić information content (AvgIpc) is 3.31. The van der Waals surface area contributed by atoms with Crippen LogP contribution in [-0.2, 0) is 23.7 Å². The molecule has 1 fully saturated rings. The Balaban J connectivity index is 1.61. The van der Waals surface area contributed by atoms with Crippen molar-refractivity contribution in [1.29, 1.82) is 0 Å². The van der Waals surface area contributed by atoms with E-state index < -0.39 is 40.7 Å². The molecule has 2 aromatic heterocycles. The third-order valence-corrected chi connectivity index (χ3v) is 5.36. The standard InChI is InChI=1S/C18H20ClF6N5O/c1-9-8-12(17(20,21)22)27-29(9)7-3-6-26-16(31)10(2)30-14(11-4-5-11)13(19)15(28-30)18(23,24)25/h8,10-11H,3-7H2,1-2H3,(H,26,31). The largest absolute Gasteiger partial charge is 0.436 e. The fourth-order valence-electron chi connectivity index (χ4n) is 3.20. The molecule has 31 heavy (non-hydrogen) atoms. The number of amides is 1. The molecule has 1 aliphatic carbocycles. The summed E-state index contributed by atoms with van der Waals surface area (Å²) >= 11 is 5.92. The highest BCUT2D eigenvalue weighted by atomic mass is 35.5. The van der Waals surface area contributed by atoms with Crippen molar-refractivity contribution in [3.63, 3.8) is 0 Å². The van der Waals surface area contributed by atoms with E-state index in [2.05, 4.69) is 15.5 Å². The lowest BCUT2D eigenvalue weighted by atomic mass is 10.2. The number of alkyl halides is 6. The summed E-state index contributed by atoms with van der Waals surface area (Å²) in [6, 6.07) is -0.104. The summed E-state index contributed by atoms with van der Waals surface area (Å²) in [5, 5.41) is 9.14. The van der Waals surface area contributed by atoms with Gasteiger partial charge >= 0.3 is 12.4 Å². The van der Waals surface area contributed by atoms with Gasteiger partial charge in [-0.25, -0.2) is 0 Å². The van der Waals surface area contributed by atoms with Crippen LogP contribution in [0.1, 0.15) is 60.9 Å². The summed E-state index contributed by atoms with van der Waals surface area (Å²) in [5.74, 6) is -0.736. The van der Waals surface area contributed by atoms with Gasteiger partial charge in [-0.05, 0) is 39.2 Å². The van der Waals surface area contributed by atoms with E-state index in [1.807, 2.05) is 0 Å². The Labute approximate surface area is 178 Å². The summed E-state index contributed by atoms with van der Waals surface area (Å²) in [6.45, 7) is 3.14. The van der Waals surface area contributed by atoms with Gasteiger partial charge in [-0.1, -0.05) is 11.6 Å². The Morgan fingerprint density at radius 1 is 1.23 bits per heavy atom. The molecule has 2 heterocycles. The SMILES string of the molecule is Cc1cc(C(F)(F)F)nn1CCCNC(=O)C(C)n1nc(C(F)(F)F)c(Cl)c1C1CC1. The predicted octanol–water partition coefficient (Wildman–Crippen LogP) is 4.72. The van der Waals surface area contributed by atoms with Gasteiger partial charge in [-0.2, -0.15) is 36.5 Å². The molecule has 1 atom stereocenters. The molecule has 172 valence electrons. The van der Waals surface area contributed by atoms with Crippen LogP contribution in [-0.4, -0.2) is 32.0 Å². The van der Waals surface area contributed by atoms with Crippen LogP contribution in [0.3, 0.4) is 0 Å². The third-order valence-electron chi connectivity index (χ3n) is 4.98. The highest BCUT2D eigenvalue weighted by Crippen LogP contribution is 2.47. The fourth-order valence-corrected chi connectivity index (χ4v) is 3.59. The smallest absolute Gasteiger partial charge is 0.354 e. The zero-order valence-corrected chi connectivity index (χ0v) is 17.4. The maximum Gasteiger partial charge on any atom is 0.436 e. The van der Waals surface area contributed by atoms with Crippen LogP contribution in [0.5, 0.6) is 0 Å². The first-order valence-corrected chi connectivity index (χ1v) is 9.93. The number of rotatable bonds is 7. The van der Waals surface area contributed by atoms with Gasteiger partial charge < -0.3 is 5.32 Å². The maximum absolute atomic E-state index is 13.2. The van der Waals surface area contributed by atoms with E-state index >= 15 is 0 Å². The topological polar surface area (TPSA) is 64.7 Å². The molecule has 0 saturated heterocycles. The summed E-state index contributed by atoms with van der Waals surface area (Å²) in [6.07, 6.45) is -7.67. The van der Waals surface area contributed by atoms with Gasteiger partial charge in [0.1, 0.15) is 6.04 Å². The van der Waals surface area contributed by atoms with E-state index in [0.29, 0.717) is 18.5 Å². The first kappa shape index (κ1) is 23.4. The monoisotopic (exact) mass is 471 g/mol.